The number of aliphatic imine (C=N–C) groups is 1. The van der Waals surface area contributed by atoms with Crippen LogP contribution in [0.2, 0.25) is 0 Å². The quantitative estimate of drug-likeness (QED) is 0.141. The Hall–Kier alpha value is -7.53. The number of amides is 2. The number of rotatable bonds is 8. The van der Waals surface area contributed by atoms with Crippen molar-refractivity contribution in [3.63, 3.8) is 0 Å². The minimum atomic E-state index is -0.267. The van der Waals surface area contributed by atoms with Gasteiger partial charge in [-0.1, -0.05) is 108 Å². The molecular weight excluding hydrogens is 841 g/mol. The van der Waals surface area contributed by atoms with Gasteiger partial charge in [-0.25, -0.2) is 15.0 Å². The molecule has 0 unspecified atom stereocenters. The summed E-state index contributed by atoms with van der Waals surface area (Å²) in [5, 5.41) is 8.03. The van der Waals surface area contributed by atoms with Crippen LogP contribution in [0, 0.1) is 41.5 Å². The maximum atomic E-state index is 14.3. The SMILES string of the molecule is Cc1ccc(C2=C(c3nc4ccccc4s3)C(NC(=O)c3ccccc3C)=NC2=Cc2[nH]c(NC(=O)c3ccccc3C)c(-c3nc4ccccc4s3)c2-c2ccc(C)cc2C)c(C)c1. The van der Waals surface area contributed by atoms with E-state index in [1.54, 1.807) is 22.7 Å². The van der Waals surface area contributed by atoms with E-state index in [-0.39, 0.29) is 11.8 Å². The summed E-state index contributed by atoms with van der Waals surface area (Å²) in [5.74, 6) is 0.402. The highest BCUT2D eigenvalue weighted by atomic mass is 32.1. The Balaban J connectivity index is 1.27. The molecule has 0 saturated carbocycles. The third-order valence-electron chi connectivity index (χ3n) is 11.9. The second kappa shape index (κ2) is 16.9. The van der Waals surface area contributed by atoms with Crippen molar-refractivity contribution >= 4 is 83.8 Å². The van der Waals surface area contributed by atoms with E-state index in [0.29, 0.717) is 34.2 Å². The number of allylic oxidation sites excluding steroid dienone is 1. The second-order valence-corrected chi connectivity index (χ2v) is 18.6. The molecule has 1 aliphatic heterocycles. The Kier molecular flexibility index (Phi) is 10.8. The number of benzene rings is 6. The zero-order valence-electron chi connectivity index (χ0n) is 36.8. The molecule has 0 radical (unpaired) electrons. The van der Waals surface area contributed by atoms with Crippen molar-refractivity contribution in [2.24, 2.45) is 4.99 Å². The molecule has 0 saturated heterocycles. The molecule has 0 bridgehead atoms. The maximum Gasteiger partial charge on any atom is 0.257 e. The number of hydrogen-bond donors (Lipinski definition) is 3. The number of para-hydroxylation sites is 2. The van der Waals surface area contributed by atoms with Gasteiger partial charge in [0.05, 0.1) is 43.0 Å². The second-order valence-electron chi connectivity index (χ2n) is 16.6. The fraction of sp³-hybridized carbons (Fsp3) is 0.109. The monoisotopic (exact) mass is 884 g/mol. The van der Waals surface area contributed by atoms with Crippen LogP contribution in [0.5, 0.6) is 0 Å². The van der Waals surface area contributed by atoms with E-state index in [0.717, 1.165) is 97.2 Å². The number of anilines is 1. The molecule has 4 heterocycles. The number of aromatic nitrogens is 3. The number of carbonyl (C=O) groups excluding carboxylic acids is 2. The Morgan fingerprint density at radius 2 is 1.06 bits per heavy atom. The van der Waals surface area contributed by atoms with Crippen molar-refractivity contribution in [3.05, 3.63) is 200 Å². The lowest BCUT2D eigenvalue weighted by Gasteiger charge is -2.13. The first-order valence-corrected chi connectivity index (χ1v) is 23.1. The minimum absolute atomic E-state index is 0.243. The fourth-order valence-electron chi connectivity index (χ4n) is 8.66. The zero-order valence-corrected chi connectivity index (χ0v) is 38.4. The van der Waals surface area contributed by atoms with E-state index < -0.39 is 0 Å². The molecule has 3 aromatic heterocycles. The average Bonchev–Trinajstić information content (AvgIpc) is 4.07. The highest BCUT2D eigenvalue weighted by molar-refractivity contribution is 7.21. The third-order valence-corrected chi connectivity index (χ3v) is 14.0. The van der Waals surface area contributed by atoms with Gasteiger partial charge in [-0.15, -0.1) is 22.7 Å². The summed E-state index contributed by atoms with van der Waals surface area (Å²) in [6, 6.07) is 44.1. The van der Waals surface area contributed by atoms with Crippen molar-refractivity contribution in [3.8, 4) is 21.7 Å². The van der Waals surface area contributed by atoms with Gasteiger partial charge in [0.2, 0.25) is 0 Å². The van der Waals surface area contributed by atoms with Crippen LogP contribution in [0.15, 0.2) is 144 Å². The van der Waals surface area contributed by atoms with Crippen LogP contribution in [0.4, 0.5) is 5.82 Å². The molecule has 0 fully saturated rings. The number of nitrogens with one attached hydrogen (secondary N) is 3. The van der Waals surface area contributed by atoms with Gasteiger partial charge in [-0.05, 0) is 117 Å². The van der Waals surface area contributed by atoms with Gasteiger partial charge in [0.15, 0.2) is 0 Å². The Morgan fingerprint density at radius 1 is 0.538 bits per heavy atom. The lowest BCUT2D eigenvalue weighted by molar-refractivity contribution is 0.0975. The predicted molar refractivity (Wildman–Crippen MR) is 270 cm³/mol. The number of carbonyl (C=O) groups is 2. The molecule has 10 rings (SSSR count). The summed E-state index contributed by atoms with van der Waals surface area (Å²) in [6.07, 6.45) is 2.05. The van der Waals surface area contributed by atoms with Gasteiger partial charge in [-0.3, -0.25) is 9.59 Å². The fourth-order valence-corrected chi connectivity index (χ4v) is 10.7. The van der Waals surface area contributed by atoms with E-state index >= 15 is 0 Å². The molecular formula is C55H44N6O2S2. The Morgan fingerprint density at radius 3 is 1.65 bits per heavy atom. The average molecular weight is 885 g/mol. The van der Waals surface area contributed by atoms with E-state index in [1.807, 2.05) is 105 Å². The van der Waals surface area contributed by atoms with Gasteiger partial charge in [0, 0.05) is 22.3 Å². The molecule has 8 nitrogen and oxygen atoms in total. The van der Waals surface area contributed by atoms with Crippen molar-refractivity contribution < 1.29 is 9.59 Å². The molecule has 3 N–H and O–H groups in total. The van der Waals surface area contributed by atoms with Crippen molar-refractivity contribution in [1.82, 2.24) is 20.3 Å². The van der Waals surface area contributed by atoms with E-state index in [9.17, 15) is 9.59 Å². The van der Waals surface area contributed by atoms with Crippen LogP contribution >= 0.6 is 22.7 Å². The van der Waals surface area contributed by atoms with Gasteiger partial charge in [0.25, 0.3) is 11.8 Å². The zero-order chi connectivity index (χ0) is 44.9. The van der Waals surface area contributed by atoms with E-state index in [1.165, 1.54) is 0 Å². The number of aromatic amines is 1. The van der Waals surface area contributed by atoms with Crippen LogP contribution in [0.1, 0.15) is 70.4 Å². The number of H-pyrrole nitrogens is 1. The first-order valence-electron chi connectivity index (χ1n) is 21.4. The van der Waals surface area contributed by atoms with Crippen LogP contribution in [-0.2, 0) is 0 Å². The van der Waals surface area contributed by atoms with Gasteiger partial charge < -0.3 is 15.6 Å². The molecule has 65 heavy (non-hydrogen) atoms. The molecule has 6 aromatic carbocycles. The number of aryl methyl sites for hydroxylation is 6. The number of thiazole rings is 2. The van der Waals surface area contributed by atoms with Gasteiger partial charge in [0.1, 0.15) is 21.7 Å². The summed E-state index contributed by atoms with van der Waals surface area (Å²) in [6.45, 7) is 12.3. The maximum absolute atomic E-state index is 14.3. The lowest BCUT2D eigenvalue weighted by Crippen LogP contribution is -2.31. The van der Waals surface area contributed by atoms with Crippen molar-refractivity contribution in [2.45, 2.75) is 41.5 Å². The Labute approximate surface area is 385 Å². The normalized spacial score (nSPS) is 13.3. The van der Waals surface area contributed by atoms with E-state index in [4.69, 9.17) is 15.0 Å². The number of hydrogen-bond acceptors (Lipinski definition) is 7. The third kappa shape index (κ3) is 7.81. The molecule has 1 aliphatic rings. The first-order chi connectivity index (χ1) is 31.5. The molecule has 0 aliphatic carbocycles. The number of amidine groups is 1. The summed E-state index contributed by atoms with van der Waals surface area (Å²) < 4.78 is 2.05. The van der Waals surface area contributed by atoms with Crippen LogP contribution in [0.3, 0.4) is 0 Å². The van der Waals surface area contributed by atoms with Crippen molar-refractivity contribution in [2.75, 3.05) is 5.32 Å². The predicted octanol–water partition coefficient (Wildman–Crippen LogP) is 13.5. The topological polar surface area (TPSA) is 112 Å². The first kappa shape index (κ1) is 41.5. The highest BCUT2D eigenvalue weighted by Gasteiger charge is 2.33. The molecule has 10 heteroatoms. The summed E-state index contributed by atoms with van der Waals surface area (Å²) in [4.78, 5) is 48.1. The summed E-state index contributed by atoms with van der Waals surface area (Å²) >= 11 is 3.14. The van der Waals surface area contributed by atoms with Crippen LogP contribution in [-0.4, -0.2) is 32.6 Å². The van der Waals surface area contributed by atoms with E-state index in [2.05, 4.69) is 91.8 Å². The Bertz CT molecular complexity index is 3440. The minimum Gasteiger partial charge on any atom is -0.341 e. The molecule has 2 amide bonds. The molecule has 0 atom stereocenters. The van der Waals surface area contributed by atoms with Crippen molar-refractivity contribution in [1.29, 1.82) is 0 Å². The summed E-state index contributed by atoms with van der Waals surface area (Å²) in [7, 11) is 0. The largest absolute Gasteiger partial charge is 0.341 e. The van der Waals surface area contributed by atoms with Gasteiger partial charge >= 0.3 is 0 Å². The standard InChI is InChI=1S/C55H44N6O2S2/c1-30-23-25-36(34(5)27-30)46-42(56-50(60-52(62)38-17-9-7-15-32(38)3)48(46)54-58-40-19-11-13-21-44(40)64-54)29-43-47(37-26-24-31(2)28-35(37)6)49(55-59-41-20-12-14-22-45(41)65-55)51(57-43)61-53(63)39-18-10-8-16-33(39)4/h7-29,56H,1-6H3,(H,60,62)(H,57,61,63). The van der Waals surface area contributed by atoms with Gasteiger partial charge in [-0.2, -0.15) is 0 Å². The number of nitrogens with zero attached hydrogens (tertiary/aromatic N) is 3. The lowest BCUT2D eigenvalue weighted by atomic mass is 9.92. The highest BCUT2D eigenvalue weighted by Crippen LogP contribution is 2.48. The smallest absolute Gasteiger partial charge is 0.257 e. The van der Waals surface area contributed by atoms with Crippen LogP contribution < -0.4 is 10.6 Å². The number of fused-ring (bicyclic) bond motifs is 2. The van der Waals surface area contributed by atoms with Crippen LogP contribution in [0.25, 0.3) is 59.4 Å². The molecule has 318 valence electrons. The molecule has 0 spiro atoms. The molecule has 9 aromatic rings. The summed E-state index contributed by atoms with van der Waals surface area (Å²) in [5.41, 5.74) is 15.4.